The van der Waals surface area contributed by atoms with Crippen LogP contribution in [0.2, 0.25) is 5.02 Å². The molecule has 0 unspecified atom stereocenters. The molecule has 24 heavy (non-hydrogen) atoms. The van der Waals surface area contributed by atoms with Gasteiger partial charge < -0.3 is 9.88 Å². The van der Waals surface area contributed by atoms with E-state index in [2.05, 4.69) is 21.2 Å². The molecule has 6 heteroatoms. The van der Waals surface area contributed by atoms with Crippen LogP contribution < -0.4 is 10.9 Å². The highest BCUT2D eigenvalue weighted by molar-refractivity contribution is 9.10. The first-order valence-electron chi connectivity index (χ1n) is 7.83. The molecule has 2 rings (SSSR count). The minimum atomic E-state index is -0.475. The van der Waals surface area contributed by atoms with E-state index in [1.165, 1.54) is 10.6 Å². The van der Waals surface area contributed by atoms with E-state index in [0.717, 1.165) is 22.9 Å². The molecule has 1 N–H and O–H groups in total. The van der Waals surface area contributed by atoms with Crippen molar-refractivity contribution in [2.45, 2.75) is 38.8 Å². The molecule has 1 aromatic heterocycles. The van der Waals surface area contributed by atoms with Gasteiger partial charge in [-0.25, -0.2) is 0 Å². The summed E-state index contributed by atoms with van der Waals surface area (Å²) in [5, 5.41) is 3.76. The Morgan fingerprint density at radius 1 is 1.17 bits per heavy atom. The van der Waals surface area contributed by atoms with Crippen LogP contribution in [0.1, 0.15) is 32.3 Å². The number of rotatable bonds is 6. The fourth-order valence-corrected chi connectivity index (χ4v) is 3.27. The van der Waals surface area contributed by atoms with E-state index in [-0.39, 0.29) is 18.0 Å². The summed E-state index contributed by atoms with van der Waals surface area (Å²) in [5.41, 5.74) is 0.322. The zero-order valence-corrected chi connectivity index (χ0v) is 16.0. The number of carbonyl (C=O) groups excluding carboxylic acids is 1. The number of hydrogen-bond donors (Lipinski definition) is 1. The van der Waals surface area contributed by atoms with E-state index in [1.807, 2.05) is 38.1 Å². The van der Waals surface area contributed by atoms with Crippen LogP contribution in [0, 0.1) is 0 Å². The summed E-state index contributed by atoms with van der Waals surface area (Å²) in [6.45, 7) is 4.04. The fraction of sp³-hybridized carbons (Fsp3) is 0.333. The van der Waals surface area contributed by atoms with Crippen LogP contribution in [0.3, 0.4) is 0 Å². The first-order chi connectivity index (χ1) is 11.4. The van der Waals surface area contributed by atoms with E-state index < -0.39 is 5.54 Å². The smallest absolute Gasteiger partial charge is 0.251 e. The highest BCUT2D eigenvalue weighted by Crippen LogP contribution is 2.29. The lowest BCUT2D eigenvalue weighted by atomic mass is 9.84. The Labute approximate surface area is 155 Å². The highest BCUT2D eigenvalue weighted by atomic mass is 79.9. The van der Waals surface area contributed by atoms with Gasteiger partial charge >= 0.3 is 0 Å². The van der Waals surface area contributed by atoms with Crippen LogP contribution >= 0.6 is 27.5 Å². The topological polar surface area (TPSA) is 51.1 Å². The molecule has 0 aliphatic heterocycles. The molecule has 0 aliphatic rings. The van der Waals surface area contributed by atoms with Gasteiger partial charge in [0, 0.05) is 21.8 Å². The number of nitrogens with one attached hydrogen (secondary N) is 1. The van der Waals surface area contributed by atoms with E-state index in [1.54, 1.807) is 12.3 Å². The fourth-order valence-electron chi connectivity index (χ4n) is 2.76. The maximum atomic E-state index is 12.5. The second-order valence-corrected chi connectivity index (χ2v) is 7.01. The molecule has 0 saturated heterocycles. The number of carbonyl (C=O) groups is 1. The number of pyridine rings is 1. The van der Waals surface area contributed by atoms with Crippen molar-refractivity contribution in [3.05, 3.63) is 68.0 Å². The van der Waals surface area contributed by atoms with E-state index >= 15 is 0 Å². The Hall–Kier alpha value is -1.59. The van der Waals surface area contributed by atoms with Crippen LogP contribution in [-0.4, -0.2) is 10.5 Å². The van der Waals surface area contributed by atoms with Gasteiger partial charge in [0.2, 0.25) is 5.91 Å². The Morgan fingerprint density at radius 3 is 2.38 bits per heavy atom. The Kier molecular flexibility index (Phi) is 6.24. The predicted octanol–water partition coefficient (Wildman–Crippen LogP) is 4.10. The number of aromatic nitrogens is 1. The van der Waals surface area contributed by atoms with E-state index in [0.29, 0.717) is 5.02 Å². The molecule has 128 valence electrons. The molecule has 2 aromatic rings. The summed E-state index contributed by atoms with van der Waals surface area (Å²) in [5.74, 6) is -0.200. The van der Waals surface area contributed by atoms with Crippen molar-refractivity contribution in [3.63, 3.8) is 0 Å². The van der Waals surface area contributed by atoms with Gasteiger partial charge in [-0.2, -0.15) is 0 Å². The standard InChI is InChI=1S/C18H20BrClN2O2/c1-3-18(4-2,13-5-8-15(20)9-6-13)21-16(23)12-22-11-14(19)7-10-17(22)24/h5-11H,3-4,12H2,1-2H3,(H,21,23). The number of nitrogens with zero attached hydrogens (tertiary/aromatic N) is 1. The number of halogens is 2. The monoisotopic (exact) mass is 410 g/mol. The molecule has 0 atom stereocenters. The number of hydrogen-bond acceptors (Lipinski definition) is 2. The van der Waals surface area contributed by atoms with Gasteiger partial charge in [-0.05, 0) is 52.5 Å². The summed E-state index contributed by atoms with van der Waals surface area (Å²) < 4.78 is 2.14. The largest absolute Gasteiger partial charge is 0.345 e. The molecular weight excluding hydrogens is 392 g/mol. The lowest BCUT2D eigenvalue weighted by Gasteiger charge is -2.34. The average Bonchev–Trinajstić information content (AvgIpc) is 2.57. The SMILES string of the molecule is CCC(CC)(NC(=O)Cn1cc(Br)ccc1=O)c1ccc(Cl)cc1. The van der Waals surface area contributed by atoms with Crippen LogP contribution in [-0.2, 0) is 16.9 Å². The third-order valence-electron chi connectivity index (χ3n) is 4.24. The van der Waals surface area contributed by atoms with Crippen LogP contribution in [0.15, 0.2) is 51.9 Å². The van der Waals surface area contributed by atoms with Gasteiger partial charge in [-0.3, -0.25) is 9.59 Å². The quantitative estimate of drug-likeness (QED) is 0.778. The van der Waals surface area contributed by atoms with Gasteiger partial charge in [0.25, 0.3) is 5.56 Å². The van der Waals surface area contributed by atoms with E-state index in [9.17, 15) is 9.59 Å². The van der Waals surface area contributed by atoms with Gasteiger partial charge in [-0.1, -0.05) is 37.6 Å². The molecule has 0 radical (unpaired) electrons. The molecule has 0 bridgehead atoms. The normalized spacial score (nSPS) is 11.3. The summed E-state index contributed by atoms with van der Waals surface area (Å²) >= 11 is 9.28. The second-order valence-electron chi connectivity index (χ2n) is 5.66. The van der Waals surface area contributed by atoms with Crippen molar-refractivity contribution in [2.75, 3.05) is 0 Å². The van der Waals surface area contributed by atoms with Crippen molar-refractivity contribution in [1.82, 2.24) is 9.88 Å². The molecule has 1 heterocycles. The minimum absolute atomic E-state index is 0.0202. The first kappa shape index (κ1) is 18.7. The maximum Gasteiger partial charge on any atom is 0.251 e. The summed E-state index contributed by atoms with van der Waals surface area (Å²) in [4.78, 5) is 24.4. The molecule has 0 saturated carbocycles. The van der Waals surface area contributed by atoms with Gasteiger partial charge in [0.15, 0.2) is 0 Å². The molecule has 4 nitrogen and oxygen atoms in total. The van der Waals surface area contributed by atoms with E-state index in [4.69, 9.17) is 11.6 Å². The number of benzene rings is 1. The molecule has 1 aromatic carbocycles. The average molecular weight is 412 g/mol. The Bertz CT molecular complexity index is 767. The molecule has 0 aliphatic carbocycles. The Morgan fingerprint density at radius 2 is 1.79 bits per heavy atom. The van der Waals surface area contributed by atoms with Crippen molar-refractivity contribution >= 4 is 33.4 Å². The van der Waals surface area contributed by atoms with Gasteiger partial charge in [-0.15, -0.1) is 0 Å². The lowest BCUT2D eigenvalue weighted by molar-refractivity contribution is -0.124. The summed E-state index contributed by atoms with van der Waals surface area (Å²) in [6, 6.07) is 10.6. The Balaban J connectivity index is 2.24. The van der Waals surface area contributed by atoms with Crippen molar-refractivity contribution in [1.29, 1.82) is 0 Å². The van der Waals surface area contributed by atoms with Crippen molar-refractivity contribution in [2.24, 2.45) is 0 Å². The zero-order valence-electron chi connectivity index (χ0n) is 13.7. The summed E-state index contributed by atoms with van der Waals surface area (Å²) in [7, 11) is 0. The molecule has 0 spiro atoms. The van der Waals surface area contributed by atoms with Crippen LogP contribution in [0.25, 0.3) is 0 Å². The number of amides is 1. The zero-order chi connectivity index (χ0) is 17.7. The third kappa shape index (κ3) is 4.28. The molecule has 0 fully saturated rings. The van der Waals surface area contributed by atoms with Crippen molar-refractivity contribution in [3.8, 4) is 0 Å². The lowest BCUT2D eigenvalue weighted by Crippen LogP contribution is -2.47. The minimum Gasteiger partial charge on any atom is -0.345 e. The van der Waals surface area contributed by atoms with Crippen molar-refractivity contribution < 1.29 is 4.79 Å². The summed E-state index contributed by atoms with van der Waals surface area (Å²) in [6.07, 6.45) is 3.10. The first-order valence-corrected chi connectivity index (χ1v) is 9.00. The molecular formula is C18H20BrClN2O2. The highest BCUT2D eigenvalue weighted by Gasteiger charge is 2.30. The third-order valence-corrected chi connectivity index (χ3v) is 4.96. The predicted molar refractivity (Wildman–Crippen MR) is 100 cm³/mol. The maximum absolute atomic E-state index is 12.5. The van der Waals surface area contributed by atoms with Gasteiger partial charge in [0.05, 0.1) is 5.54 Å². The van der Waals surface area contributed by atoms with Crippen LogP contribution in [0.4, 0.5) is 0 Å². The van der Waals surface area contributed by atoms with Crippen LogP contribution in [0.5, 0.6) is 0 Å². The second kappa shape index (κ2) is 7.99. The van der Waals surface area contributed by atoms with Gasteiger partial charge in [0.1, 0.15) is 6.54 Å². The molecule has 1 amide bonds.